The molecule has 0 radical (unpaired) electrons. The van der Waals surface area contributed by atoms with Crippen molar-refractivity contribution in [1.82, 2.24) is 25.3 Å². The summed E-state index contributed by atoms with van der Waals surface area (Å²) in [4.78, 5) is 19.9. The van der Waals surface area contributed by atoms with E-state index in [1.54, 1.807) is 12.1 Å². The Morgan fingerprint density at radius 1 is 1.10 bits per heavy atom. The number of benzene rings is 1. The lowest BCUT2D eigenvalue weighted by molar-refractivity contribution is -0.192. The van der Waals surface area contributed by atoms with Crippen LogP contribution in [0.4, 0.5) is 4.39 Å². The highest BCUT2D eigenvalue weighted by Gasteiger charge is 2.60. The van der Waals surface area contributed by atoms with E-state index in [9.17, 15) is 14.4 Å². The Kier molecular flexibility index (Phi) is 10.7. The molecule has 2 aliphatic carbocycles. The lowest BCUT2D eigenvalue weighted by Crippen LogP contribution is -2.82. The molecule has 6 aliphatic rings. The number of ether oxygens (including phenoxy) is 2. The van der Waals surface area contributed by atoms with Gasteiger partial charge in [0, 0.05) is 50.1 Å². The number of nitrogens with one attached hydrogen (secondary N) is 2. The SMILES string of the molecule is C=CC(=O)N1CCN(C2(C3CCCCCCC3)NC(OCC3CCCN3C)NC3C[C@]4(CCc5ccc(F)cc5O4)CCC32)CC1CC#N. The summed E-state index contributed by atoms with van der Waals surface area (Å²) in [7, 11) is 2.20. The van der Waals surface area contributed by atoms with Crippen LogP contribution >= 0.6 is 0 Å². The molecule has 49 heavy (non-hydrogen) atoms. The van der Waals surface area contributed by atoms with E-state index in [1.807, 2.05) is 11.0 Å². The van der Waals surface area contributed by atoms with Crippen LogP contribution in [0.1, 0.15) is 95.5 Å². The maximum atomic E-state index is 14.4. The molecule has 7 atom stereocenters. The van der Waals surface area contributed by atoms with E-state index in [-0.39, 0.29) is 47.3 Å². The first-order valence-corrected chi connectivity index (χ1v) is 19.2. The number of nitrogens with zero attached hydrogens (tertiary/aromatic N) is 4. The molecule has 2 saturated carbocycles. The van der Waals surface area contributed by atoms with Crippen LogP contribution < -0.4 is 15.4 Å². The molecular weight excluding hydrogens is 619 g/mol. The predicted molar refractivity (Wildman–Crippen MR) is 187 cm³/mol. The Balaban J connectivity index is 1.24. The van der Waals surface area contributed by atoms with Gasteiger partial charge in [0.25, 0.3) is 0 Å². The fraction of sp³-hybridized carbons (Fsp3) is 0.744. The van der Waals surface area contributed by atoms with Gasteiger partial charge in [-0.05, 0) is 88.6 Å². The molecule has 9 nitrogen and oxygen atoms in total. The number of amides is 1. The summed E-state index contributed by atoms with van der Waals surface area (Å²) in [6.45, 7) is 7.49. The third-order valence-corrected chi connectivity index (χ3v) is 13.1. The minimum absolute atomic E-state index is 0.0938. The number of halogens is 1. The zero-order chi connectivity index (χ0) is 34.0. The second-order valence-corrected chi connectivity index (χ2v) is 15.9. The van der Waals surface area contributed by atoms with E-state index in [2.05, 4.69) is 40.1 Å². The standard InChI is InChI=1S/C39H57FN6O3/c1-3-36(47)46-23-22-45(26-31(46)17-20-41)39(29-10-7-5-4-6-8-11-29)33-16-19-38(18-15-28-13-14-30(40)24-35(28)49-38)25-34(33)42-37(43-39)48-27-32-12-9-21-44(32)2/h3,13-14,24,29,31-34,37,42-43H,1,4-12,15-19,21-23,25-27H2,2H3/t31?,32?,33?,34?,37?,38-,39?/m0/s1. The molecule has 4 aliphatic heterocycles. The van der Waals surface area contributed by atoms with Crippen molar-refractivity contribution in [3.8, 4) is 11.8 Å². The van der Waals surface area contributed by atoms with Crippen molar-refractivity contribution in [2.24, 2.45) is 11.8 Å². The van der Waals surface area contributed by atoms with E-state index >= 15 is 0 Å². The summed E-state index contributed by atoms with van der Waals surface area (Å²) in [6.07, 6.45) is 16.8. The quantitative estimate of drug-likeness (QED) is 0.376. The van der Waals surface area contributed by atoms with Gasteiger partial charge in [0.15, 0.2) is 6.35 Å². The first kappa shape index (κ1) is 34.9. The summed E-state index contributed by atoms with van der Waals surface area (Å²) in [5.41, 5.74) is 0.374. The first-order valence-electron chi connectivity index (χ1n) is 19.2. The number of fused-ring (bicyclic) bond motifs is 2. The van der Waals surface area contributed by atoms with Crippen LogP contribution in [0, 0.1) is 29.0 Å². The average molecular weight is 677 g/mol. The molecule has 10 heteroatoms. The minimum atomic E-state index is -0.364. The number of likely N-dealkylation sites (tertiary alicyclic amines) is 1. The van der Waals surface area contributed by atoms with Gasteiger partial charge in [-0.15, -0.1) is 0 Å². The Morgan fingerprint density at radius 3 is 2.67 bits per heavy atom. The van der Waals surface area contributed by atoms with Gasteiger partial charge in [0.05, 0.1) is 30.8 Å². The zero-order valence-corrected chi connectivity index (χ0v) is 29.5. The second kappa shape index (κ2) is 15.0. The van der Waals surface area contributed by atoms with Crippen LogP contribution in [0.5, 0.6) is 5.75 Å². The lowest BCUT2D eigenvalue weighted by atomic mass is 9.62. The number of hydrogen-bond acceptors (Lipinski definition) is 8. The Hall–Kier alpha value is -2.55. The van der Waals surface area contributed by atoms with Gasteiger partial charge in [0.1, 0.15) is 17.2 Å². The normalized spacial score (nSPS) is 36.2. The van der Waals surface area contributed by atoms with Crippen LogP contribution in [-0.4, -0.2) is 96.2 Å². The molecule has 3 saturated heterocycles. The molecule has 7 rings (SSSR count). The third-order valence-electron chi connectivity index (χ3n) is 13.1. The number of piperazine rings is 1. The van der Waals surface area contributed by atoms with Crippen molar-refractivity contribution < 1.29 is 18.7 Å². The van der Waals surface area contributed by atoms with Crippen molar-refractivity contribution in [3.05, 3.63) is 42.2 Å². The van der Waals surface area contributed by atoms with Gasteiger partial charge in [-0.25, -0.2) is 4.39 Å². The maximum absolute atomic E-state index is 14.4. The Bertz CT molecular complexity index is 1380. The number of nitriles is 1. The van der Waals surface area contributed by atoms with E-state index in [4.69, 9.17) is 9.47 Å². The van der Waals surface area contributed by atoms with Gasteiger partial charge in [-0.3, -0.25) is 20.3 Å². The molecule has 6 unspecified atom stereocenters. The Morgan fingerprint density at radius 2 is 1.92 bits per heavy atom. The molecule has 1 spiro atoms. The predicted octanol–water partition coefficient (Wildman–Crippen LogP) is 5.31. The zero-order valence-electron chi connectivity index (χ0n) is 29.5. The summed E-state index contributed by atoms with van der Waals surface area (Å²) in [5.74, 6) is 1.04. The molecule has 2 N–H and O–H groups in total. The van der Waals surface area contributed by atoms with Gasteiger partial charge in [-0.2, -0.15) is 5.26 Å². The molecule has 1 aromatic rings. The molecule has 5 fully saturated rings. The first-order chi connectivity index (χ1) is 23.8. The summed E-state index contributed by atoms with van der Waals surface area (Å²) < 4.78 is 28.1. The molecule has 0 bridgehead atoms. The molecule has 268 valence electrons. The maximum Gasteiger partial charge on any atom is 0.246 e. The van der Waals surface area contributed by atoms with E-state index < -0.39 is 0 Å². The number of carbonyl (C=O) groups excluding carboxylic acids is 1. The number of likely N-dealkylation sites (N-methyl/N-ethyl adjacent to an activating group) is 1. The second-order valence-electron chi connectivity index (χ2n) is 15.9. The van der Waals surface area contributed by atoms with Crippen molar-refractivity contribution in [1.29, 1.82) is 5.26 Å². The third kappa shape index (κ3) is 7.03. The Labute approximate surface area is 292 Å². The van der Waals surface area contributed by atoms with Crippen LogP contribution in [-0.2, 0) is 16.0 Å². The largest absolute Gasteiger partial charge is 0.487 e. The number of rotatable bonds is 7. The van der Waals surface area contributed by atoms with E-state index in [1.165, 1.54) is 44.6 Å². The highest BCUT2D eigenvalue weighted by Crippen LogP contribution is 2.52. The van der Waals surface area contributed by atoms with Crippen LogP contribution in [0.2, 0.25) is 0 Å². The molecule has 1 aromatic carbocycles. The van der Waals surface area contributed by atoms with Gasteiger partial charge >= 0.3 is 0 Å². The monoisotopic (exact) mass is 676 g/mol. The average Bonchev–Trinajstić information content (AvgIpc) is 3.50. The summed E-state index contributed by atoms with van der Waals surface area (Å²) in [6, 6.07) is 7.72. The van der Waals surface area contributed by atoms with Crippen molar-refractivity contribution in [3.63, 3.8) is 0 Å². The van der Waals surface area contributed by atoms with Crippen LogP contribution in [0.3, 0.4) is 0 Å². The summed E-state index contributed by atoms with van der Waals surface area (Å²) in [5, 5.41) is 18.1. The fourth-order valence-corrected chi connectivity index (χ4v) is 10.6. The van der Waals surface area contributed by atoms with E-state index in [0.717, 1.165) is 70.0 Å². The van der Waals surface area contributed by atoms with Gasteiger partial charge in [0.2, 0.25) is 5.91 Å². The van der Waals surface area contributed by atoms with Crippen molar-refractivity contribution in [2.45, 2.75) is 132 Å². The van der Waals surface area contributed by atoms with Crippen LogP contribution in [0.15, 0.2) is 30.9 Å². The van der Waals surface area contributed by atoms with Crippen LogP contribution in [0.25, 0.3) is 0 Å². The highest BCUT2D eigenvalue weighted by molar-refractivity contribution is 5.87. The van der Waals surface area contributed by atoms with Crippen molar-refractivity contribution >= 4 is 5.91 Å². The lowest BCUT2D eigenvalue weighted by Gasteiger charge is -2.64. The van der Waals surface area contributed by atoms with Crippen molar-refractivity contribution in [2.75, 3.05) is 39.8 Å². The number of carbonyl (C=O) groups is 1. The van der Waals surface area contributed by atoms with Gasteiger partial charge < -0.3 is 19.3 Å². The smallest absolute Gasteiger partial charge is 0.246 e. The minimum Gasteiger partial charge on any atom is -0.487 e. The summed E-state index contributed by atoms with van der Waals surface area (Å²) >= 11 is 0. The number of hydrogen-bond donors (Lipinski definition) is 2. The number of aryl methyl sites for hydroxylation is 1. The molecule has 0 aromatic heterocycles. The molecule has 4 heterocycles. The van der Waals surface area contributed by atoms with Gasteiger partial charge in [-0.1, -0.05) is 44.7 Å². The fourth-order valence-electron chi connectivity index (χ4n) is 10.6. The molecule has 1 amide bonds. The van der Waals surface area contributed by atoms with E-state index in [0.29, 0.717) is 43.8 Å². The molecular formula is C39H57FN6O3. The topological polar surface area (TPSA) is 93.1 Å². The highest BCUT2D eigenvalue weighted by atomic mass is 19.1.